The quantitative estimate of drug-likeness (QED) is 0.842. The van der Waals surface area contributed by atoms with Gasteiger partial charge in [-0.2, -0.15) is 0 Å². The predicted molar refractivity (Wildman–Crippen MR) is 83.6 cm³/mol. The Morgan fingerprint density at radius 3 is 2.25 bits per heavy atom. The molecule has 3 amide bonds. The lowest BCUT2D eigenvalue weighted by molar-refractivity contribution is -0.129. The number of carbonyl (C=O) groups is 3. The molecule has 0 bridgehead atoms. The van der Waals surface area contributed by atoms with Crippen molar-refractivity contribution in [2.24, 2.45) is 0 Å². The van der Waals surface area contributed by atoms with Gasteiger partial charge in [-0.25, -0.2) is 14.0 Å². The second-order valence-corrected chi connectivity index (χ2v) is 4.74. The van der Waals surface area contributed by atoms with Crippen molar-refractivity contribution in [3.05, 3.63) is 71.5 Å². The van der Waals surface area contributed by atoms with Gasteiger partial charge in [0.15, 0.2) is 0 Å². The molecule has 0 saturated heterocycles. The first-order valence-electron chi connectivity index (χ1n) is 7.06. The number of nitrogens with one attached hydrogen (secondary N) is 2. The third-order valence-corrected chi connectivity index (χ3v) is 3.12. The number of benzene rings is 2. The van der Waals surface area contributed by atoms with E-state index in [9.17, 15) is 18.8 Å². The van der Waals surface area contributed by atoms with E-state index in [4.69, 9.17) is 4.74 Å². The summed E-state index contributed by atoms with van der Waals surface area (Å²) >= 11 is 0. The van der Waals surface area contributed by atoms with E-state index in [0.717, 1.165) is 6.07 Å². The molecule has 24 heavy (non-hydrogen) atoms. The number of urea groups is 1. The van der Waals surface area contributed by atoms with Gasteiger partial charge in [0.1, 0.15) is 5.82 Å². The third-order valence-electron chi connectivity index (χ3n) is 3.12. The normalized spacial score (nSPS) is 11.2. The molecule has 0 spiro atoms. The Bertz CT molecular complexity index is 749. The molecule has 0 saturated carbocycles. The summed E-state index contributed by atoms with van der Waals surface area (Å²) in [5, 5.41) is 4.26. The molecule has 2 aromatic carbocycles. The average Bonchev–Trinajstić information content (AvgIpc) is 2.60. The summed E-state index contributed by atoms with van der Waals surface area (Å²) in [6, 6.07) is 12.6. The van der Waals surface area contributed by atoms with Crippen LogP contribution in [-0.4, -0.2) is 25.0 Å². The Morgan fingerprint density at radius 1 is 1.00 bits per heavy atom. The molecule has 0 aliphatic carbocycles. The summed E-state index contributed by atoms with van der Waals surface area (Å²) < 4.78 is 18.8. The second-order valence-electron chi connectivity index (χ2n) is 4.74. The summed E-state index contributed by atoms with van der Waals surface area (Å²) in [5.41, 5.74) is 0.0507. The summed E-state index contributed by atoms with van der Waals surface area (Å²) in [6.45, 7) is 0. The number of amides is 3. The molecular formula is C17H15FN2O4. The van der Waals surface area contributed by atoms with Crippen molar-refractivity contribution in [2.45, 2.75) is 6.10 Å². The summed E-state index contributed by atoms with van der Waals surface area (Å²) in [6.07, 6.45) is -1.39. The zero-order valence-corrected chi connectivity index (χ0v) is 12.8. The van der Waals surface area contributed by atoms with Gasteiger partial charge in [-0.3, -0.25) is 10.1 Å². The molecule has 0 heterocycles. The van der Waals surface area contributed by atoms with Crippen LogP contribution in [-0.2, 0) is 9.53 Å². The van der Waals surface area contributed by atoms with Crippen LogP contribution in [0.4, 0.5) is 9.18 Å². The Morgan fingerprint density at radius 2 is 1.62 bits per heavy atom. The average molecular weight is 330 g/mol. The van der Waals surface area contributed by atoms with E-state index in [2.05, 4.69) is 5.32 Å². The first kappa shape index (κ1) is 17.1. The van der Waals surface area contributed by atoms with Gasteiger partial charge in [0.2, 0.25) is 6.10 Å². The number of esters is 1. The van der Waals surface area contributed by atoms with Crippen LogP contribution in [0.25, 0.3) is 0 Å². The maximum Gasteiger partial charge on any atom is 0.342 e. The Kier molecular flexibility index (Phi) is 5.62. The number of imide groups is 1. The molecular weight excluding hydrogens is 315 g/mol. The molecule has 0 unspecified atom stereocenters. The van der Waals surface area contributed by atoms with Crippen molar-refractivity contribution >= 4 is 17.9 Å². The largest absolute Gasteiger partial charge is 0.444 e. The van der Waals surface area contributed by atoms with E-state index in [1.165, 1.54) is 25.2 Å². The predicted octanol–water partition coefficient (Wildman–Crippen LogP) is 2.18. The maximum atomic E-state index is 13.7. The lowest BCUT2D eigenvalue weighted by Crippen LogP contribution is -2.41. The molecule has 0 aromatic heterocycles. The molecule has 0 radical (unpaired) electrons. The van der Waals surface area contributed by atoms with Crippen molar-refractivity contribution < 1.29 is 23.5 Å². The highest BCUT2D eigenvalue weighted by molar-refractivity contribution is 5.99. The van der Waals surface area contributed by atoms with Crippen molar-refractivity contribution in [1.29, 1.82) is 0 Å². The standard InChI is InChI=1S/C17H15FN2O4/c1-19-17(23)20-15(21)14(11-7-3-2-4-8-11)24-16(22)12-9-5-6-10-13(12)18/h2-10,14H,1H3,(H2,19,20,21,23)/t14-/m1/s1. The molecule has 1 atom stereocenters. The topological polar surface area (TPSA) is 84.5 Å². The fourth-order valence-corrected chi connectivity index (χ4v) is 1.94. The van der Waals surface area contributed by atoms with Crippen molar-refractivity contribution in [3.8, 4) is 0 Å². The number of ether oxygens (including phenoxy) is 1. The van der Waals surface area contributed by atoms with Crippen LogP contribution in [0.2, 0.25) is 0 Å². The lowest BCUT2D eigenvalue weighted by atomic mass is 10.1. The highest BCUT2D eigenvalue weighted by Gasteiger charge is 2.27. The maximum absolute atomic E-state index is 13.7. The lowest BCUT2D eigenvalue weighted by Gasteiger charge is -2.17. The van der Waals surface area contributed by atoms with Crippen LogP contribution in [0.5, 0.6) is 0 Å². The molecule has 2 rings (SSSR count). The molecule has 6 nitrogen and oxygen atoms in total. The van der Waals surface area contributed by atoms with Crippen LogP contribution in [0.3, 0.4) is 0 Å². The van der Waals surface area contributed by atoms with E-state index >= 15 is 0 Å². The molecule has 7 heteroatoms. The van der Waals surface area contributed by atoms with Gasteiger partial charge in [0.25, 0.3) is 5.91 Å². The summed E-state index contributed by atoms with van der Waals surface area (Å²) in [4.78, 5) is 35.7. The summed E-state index contributed by atoms with van der Waals surface area (Å²) in [7, 11) is 1.34. The van der Waals surface area contributed by atoms with Gasteiger partial charge in [-0.15, -0.1) is 0 Å². The SMILES string of the molecule is CNC(=O)NC(=O)[C@H](OC(=O)c1ccccc1F)c1ccccc1. The van der Waals surface area contributed by atoms with Crippen molar-refractivity contribution in [1.82, 2.24) is 10.6 Å². The smallest absolute Gasteiger partial charge is 0.342 e. The van der Waals surface area contributed by atoms with Crippen molar-refractivity contribution in [2.75, 3.05) is 7.05 Å². The highest BCUT2D eigenvalue weighted by atomic mass is 19.1. The molecule has 0 fully saturated rings. The summed E-state index contributed by atoms with van der Waals surface area (Å²) in [5.74, 6) is -2.61. The van der Waals surface area contributed by atoms with Gasteiger partial charge in [0.05, 0.1) is 5.56 Å². The minimum Gasteiger partial charge on any atom is -0.444 e. The van der Waals surface area contributed by atoms with Gasteiger partial charge in [-0.05, 0) is 12.1 Å². The first-order valence-corrected chi connectivity index (χ1v) is 7.06. The fourth-order valence-electron chi connectivity index (χ4n) is 1.94. The third kappa shape index (κ3) is 4.16. The van der Waals surface area contributed by atoms with Crippen molar-refractivity contribution in [3.63, 3.8) is 0 Å². The highest BCUT2D eigenvalue weighted by Crippen LogP contribution is 2.20. The Labute approximate surface area is 137 Å². The Balaban J connectivity index is 2.26. The van der Waals surface area contributed by atoms with Crippen LogP contribution in [0.1, 0.15) is 22.0 Å². The Hall–Kier alpha value is -3.22. The van der Waals surface area contributed by atoms with Gasteiger partial charge in [-0.1, -0.05) is 42.5 Å². The van der Waals surface area contributed by atoms with Gasteiger partial charge < -0.3 is 10.1 Å². The number of rotatable bonds is 4. The fraction of sp³-hybridized carbons (Fsp3) is 0.118. The molecule has 0 aliphatic heterocycles. The number of hydrogen-bond donors (Lipinski definition) is 2. The van der Waals surface area contributed by atoms with E-state index in [1.807, 2.05) is 5.32 Å². The van der Waals surface area contributed by atoms with E-state index in [0.29, 0.717) is 5.56 Å². The van der Waals surface area contributed by atoms with Crippen LogP contribution < -0.4 is 10.6 Å². The van der Waals surface area contributed by atoms with E-state index in [-0.39, 0.29) is 5.56 Å². The number of hydrogen-bond acceptors (Lipinski definition) is 4. The molecule has 124 valence electrons. The molecule has 0 aliphatic rings. The zero-order valence-electron chi connectivity index (χ0n) is 12.8. The monoisotopic (exact) mass is 330 g/mol. The number of carbonyl (C=O) groups excluding carboxylic acids is 3. The van der Waals surface area contributed by atoms with Gasteiger partial charge >= 0.3 is 12.0 Å². The van der Waals surface area contributed by atoms with E-state index in [1.54, 1.807) is 30.3 Å². The first-order chi connectivity index (χ1) is 11.5. The minimum atomic E-state index is -1.39. The molecule has 2 N–H and O–H groups in total. The molecule has 2 aromatic rings. The second kappa shape index (κ2) is 7.87. The van der Waals surface area contributed by atoms with E-state index < -0.39 is 29.8 Å². The van der Waals surface area contributed by atoms with Crippen LogP contribution >= 0.6 is 0 Å². The van der Waals surface area contributed by atoms with Crippen LogP contribution in [0, 0.1) is 5.82 Å². The minimum absolute atomic E-state index is 0.300. The van der Waals surface area contributed by atoms with Crippen LogP contribution in [0.15, 0.2) is 54.6 Å². The number of halogens is 1. The zero-order chi connectivity index (χ0) is 17.5. The van der Waals surface area contributed by atoms with Gasteiger partial charge in [0, 0.05) is 12.6 Å².